The molecule has 2 rings (SSSR count). The Bertz CT molecular complexity index is 670. The molecular weight excluding hydrogens is 294 g/mol. The van der Waals surface area contributed by atoms with Crippen molar-refractivity contribution in [3.8, 4) is 5.75 Å². The van der Waals surface area contributed by atoms with Gasteiger partial charge in [-0.05, 0) is 19.1 Å². The van der Waals surface area contributed by atoms with Crippen LogP contribution in [-0.2, 0) is 4.79 Å². The third-order valence-corrected chi connectivity index (χ3v) is 3.84. The summed E-state index contributed by atoms with van der Waals surface area (Å²) in [6.45, 7) is 2.26. The summed E-state index contributed by atoms with van der Waals surface area (Å²) >= 11 is 1.24. The summed E-state index contributed by atoms with van der Waals surface area (Å²) in [6.07, 6.45) is 1.61. The van der Waals surface area contributed by atoms with E-state index in [4.69, 9.17) is 15.6 Å². The van der Waals surface area contributed by atoms with Gasteiger partial charge in [-0.3, -0.25) is 14.6 Å². The SMILES string of the molecule is CCOc1ccnc2cc(C(=O)NC[C@@H](N)C(=O)O)sc12. The van der Waals surface area contributed by atoms with E-state index in [1.165, 1.54) is 11.3 Å². The number of aliphatic carboxylic acids is 1. The topological polar surface area (TPSA) is 115 Å². The van der Waals surface area contributed by atoms with Gasteiger partial charge in [0.2, 0.25) is 0 Å². The Kier molecular flexibility index (Phi) is 4.71. The molecule has 0 aliphatic heterocycles. The third-order valence-electron chi connectivity index (χ3n) is 2.70. The lowest BCUT2D eigenvalue weighted by Gasteiger charge is -2.06. The van der Waals surface area contributed by atoms with Crippen LogP contribution in [0.15, 0.2) is 18.3 Å². The van der Waals surface area contributed by atoms with Crippen LogP contribution in [0.25, 0.3) is 10.2 Å². The predicted octanol–water partition coefficient (Wildman–Crippen LogP) is 0.837. The average molecular weight is 309 g/mol. The van der Waals surface area contributed by atoms with E-state index < -0.39 is 12.0 Å². The first-order chi connectivity index (χ1) is 10.0. The number of thiophene rings is 1. The Morgan fingerprint density at radius 3 is 3.00 bits per heavy atom. The van der Waals surface area contributed by atoms with Crippen LogP contribution in [0.4, 0.5) is 0 Å². The molecule has 4 N–H and O–H groups in total. The minimum absolute atomic E-state index is 0.131. The van der Waals surface area contributed by atoms with Crippen molar-refractivity contribution in [2.75, 3.05) is 13.2 Å². The van der Waals surface area contributed by atoms with Gasteiger partial charge in [-0.15, -0.1) is 11.3 Å². The van der Waals surface area contributed by atoms with Crippen LogP contribution in [0.3, 0.4) is 0 Å². The summed E-state index contributed by atoms with van der Waals surface area (Å²) in [5.41, 5.74) is 6.00. The van der Waals surface area contributed by atoms with Gasteiger partial charge >= 0.3 is 5.97 Å². The molecule has 0 unspecified atom stereocenters. The zero-order chi connectivity index (χ0) is 15.4. The van der Waals surface area contributed by atoms with E-state index in [2.05, 4.69) is 10.3 Å². The number of carboxylic acid groups (broad SMARTS) is 1. The van der Waals surface area contributed by atoms with Gasteiger partial charge in [0.1, 0.15) is 11.8 Å². The Morgan fingerprint density at radius 1 is 1.57 bits per heavy atom. The number of amides is 1. The first-order valence-electron chi connectivity index (χ1n) is 6.30. The van der Waals surface area contributed by atoms with Crippen molar-refractivity contribution in [2.24, 2.45) is 5.73 Å². The highest BCUT2D eigenvalue weighted by molar-refractivity contribution is 7.21. The molecule has 0 aliphatic carbocycles. The van der Waals surface area contributed by atoms with Crippen LogP contribution >= 0.6 is 11.3 Å². The number of nitrogens with two attached hydrogens (primary N) is 1. The molecule has 0 spiro atoms. The predicted molar refractivity (Wildman–Crippen MR) is 78.7 cm³/mol. The second-order valence-electron chi connectivity index (χ2n) is 4.22. The monoisotopic (exact) mass is 309 g/mol. The zero-order valence-electron chi connectivity index (χ0n) is 11.3. The second-order valence-corrected chi connectivity index (χ2v) is 5.27. The van der Waals surface area contributed by atoms with Crippen LogP contribution in [0.1, 0.15) is 16.6 Å². The van der Waals surface area contributed by atoms with Gasteiger partial charge in [-0.1, -0.05) is 0 Å². The highest BCUT2D eigenvalue weighted by atomic mass is 32.1. The van der Waals surface area contributed by atoms with Crippen LogP contribution < -0.4 is 15.8 Å². The Morgan fingerprint density at radius 2 is 2.33 bits per heavy atom. The largest absolute Gasteiger partial charge is 0.492 e. The van der Waals surface area contributed by atoms with Gasteiger partial charge in [-0.2, -0.15) is 0 Å². The third kappa shape index (κ3) is 3.47. The first kappa shape index (κ1) is 15.2. The lowest BCUT2D eigenvalue weighted by Crippen LogP contribution is -2.42. The Labute approximate surface area is 124 Å². The smallest absolute Gasteiger partial charge is 0.322 e. The number of hydrogen-bond acceptors (Lipinski definition) is 6. The van der Waals surface area contributed by atoms with E-state index in [1.54, 1.807) is 18.3 Å². The number of rotatable bonds is 6. The molecule has 112 valence electrons. The molecule has 2 aromatic heterocycles. The van der Waals surface area contributed by atoms with Crippen molar-refractivity contribution in [1.29, 1.82) is 0 Å². The molecule has 1 amide bonds. The van der Waals surface area contributed by atoms with Gasteiger partial charge in [0, 0.05) is 12.7 Å². The quantitative estimate of drug-likeness (QED) is 0.728. The lowest BCUT2D eigenvalue weighted by atomic mass is 10.3. The lowest BCUT2D eigenvalue weighted by molar-refractivity contribution is -0.138. The van der Waals surface area contributed by atoms with Gasteiger partial charge in [0.05, 0.1) is 21.7 Å². The van der Waals surface area contributed by atoms with Crippen LogP contribution in [0, 0.1) is 0 Å². The normalized spacial score (nSPS) is 12.1. The molecule has 0 aromatic carbocycles. The number of pyridine rings is 1. The van der Waals surface area contributed by atoms with Crippen LogP contribution in [0.5, 0.6) is 5.75 Å². The molecule has 0 saturated carbocycles. The Balaban J connectivity index is 2.17. The maximum Gasteiger partial charge on any atom is 0.322 e. The number of aromatic nitrogens is 1. The molecule has 0 saturated heterocycles. The Hall–Kier alpha value is -2.19. The molecule has 0 bridgehead atoms. The van der Waals surface area contributed by atoms with Crippen molar-refractivity contribution >= 4 is 33.4 Å². The fourth-order valence-electron chi connectivity index (χ4n) is 1.67. The first-order valence-corrected chi connectivity index (χ1v) is 7.12. The number of carbonyl (C=O) groups excluding carboxylic acids is 1. The van der Waals surface area contributed by atoms with Crippen molar-refractivity contribution in [3.05, 3.63) is 23.2 Å². The fourth-order valence-corrected chi connectivity index (χ4v) is 2.67. The number of nitrogens with zero attached hydrogens (tertiary/aromatic N) is 1. The summed E-state index contributed by atoms with van der Waals surface area (Å²) in [5, 5.41) is 11.2. The van der Waals surface area contributed by atoms with E-state index in [0.29, 0.717) is 22.8 Å². The number of ether oxygens (including phenoxy) is 1. The molecule has 0 radical (unpaired) electrons. The number of hydrogen-bond donors (Lipinski definition) is 3. The maximum atomic E-state index is 12.0. The molecule has 0 fully saturated rings. The van der Waals surface area contributed by atoms with Crippen LogP contribution in [0.2, 0.25) is 0 Å². The number of nitrogens with one attached hydrogen (secondary N) is 1. The molecular formula is C13H15N3O4S. The molecule has 1 atom stereocenters. The van der Waals surface area contributed by atoms with Crippen molar-refractivity contribution in [2.45, 2.75) is 13.0 Å². The maximum absolute atomic E-state index is 12.0. The van der Waals surface area contributed by atoms with E-state index in [1.807, 2.05) is 6.92 Å². The van der Waals surface area contributed by atoms with Crippen molar-refractivity contribution in [3.63, 3.8) is 0 Å². The van der Waals surface area contributed by atoms with Gasteiger partial charge in [0.25, 0.3) is 5.91 Å². The second kappa shape index (κ2) is 6.51. The van der Waals surface area contributed by atoms with E-state index in [0.717, 1.165) is 4.70 Å². The van der Waals surface area contributed by atoms with E-state index in [-0.39, 0.29) is 12.5 Å². The molecule has 7 nitrogen and oxygen atoms in total. The summed E-state index contributed by atoms with van der Waals surface area (Å²) < 4.78 is 6.27. The summed E-state index contributed by atoms with van der Waals surface area (Å²) in [5.74, 6) is -0.863. The van der Waals surface area contributed by atoms with Gasteiger partial charge < -0.3 is 20.9 Å². The molecule has 21 heavy (non-hydrogen) atoms. The number of carboxylic acids is 1. The fraction of sp³-hybridized carbons (Fsp3) is 0.308. The van der Waals surface area contributed by atoms with Crippen LogP contribution in [-0.4, -0.2) is 41.2 Å². The minimum Gasteiger partial charge on any atom is -0.492 e. The molecule has 2 aromatic rings. The van der Waals surface area contributed by atoms with Gasteiger partial charge in [-0.25, -0.2) is 0 Å². The van der Waals surface area contributed by atoms with Gasteiger partial charge in [0.15, 0.2) is 0 Å². The van der Waals surface area contributed by atoms with Crippen molar-refractivity contribution < 1.29 is 19.4 Å². The average Bonchev–Trinajstić information content (AvgIpc) is 2.89. The van der Waals surface area contributed by atoms with E-state index >= 15 is 0 Å². The highest BCUT2D eigenvalue weighted by Crippen LogP contribution is 2.32. The highest BCUT2D eigenvalue weighted by Gasteiger charge is 2.16. The summed E-state index contributed by atoms with van der Waals surface area (Å²) in [6, 6.07) is 2.26. The van der Waals surface area contributed by atoms with Crippen molar-refractivity contribution in [1.82, 2.24) is 10.3 Å². The summed E-state index contributed by atoms with van der Waals surface area (Å²) in [7, 11) is 0. The molecule has 2 heterocycles. The zero-order valence-corrected chi connectivity index (χ0v) is 12.1. The number of carbonyl (C=O) groups is 2. The minimum atomic E-state index is -1.16. The molecule has 0 aliphatic rings. The molecule has 8 heteroatoms. The van der Waals surface area contributed by atoms with E-state index in [9.17, 15) is 9.59 Å². The summed E-state index contributed by atoms with van der Waals surface area (Å²) in [4.78, 5) is 27.2. The standard InChI is InChI=1S/C13H15N3O4S/c1-2-20-9-3-4-15-8-5-10(21-11(8)9)12(17)16-6-7(14)13(18)19/h3-5,7H,2,6,14H2,1H3,(H,16,17)(H,18,19)/t7-/m1/s1. The number of fused-ring (bicyclic) bond motifs is 1.